The highest BCUT2D eigenvalue weighted by Gasteiger charge is 2.21. The molecular formula is C24H20ClN3O2S. The van der Waals surface area contributed by atoms with Crippen LogP contribution in [0.15, 0.2) is 82.7 Å². The number of rotatable bonds is 5. The van der Waals surface area contributed by atoms with Crippen molar-refractivity contribution < 1.29 is 4.79 Å². The van der Waals surface area contributed by atoms with E-state index in [1.54, 1.807) is 47.9 Å². The van der Waals surface area contributed by atoms with Crippen LogP contribution in [-0.4, -0.2) is 20.7 Å². The van der Waals surface area contributed by atoms with Crippen molar-refractivity contribution in [2.45, 2.75) is 24.3 Å². The number of halogens is 1. The van der Waals surface area contributed by atoms with Crippen molar-refractivity contribution in [1.29, 1.82) is 0 Å². The number of nitrogens with one attached hydrogen (secondary N) is 1. The molecule has 0 radical (unpaired) electrons. The van der Waals surface area contributed by atoms with Gasteiger partial charge in [-0.3, -0.25) is 14.2 Å². The maximum Gasteiger partial charge on any atom is 0.266 e. The predicted molar refractivity (Wildman–Crippen MR) is 127 cm³/mol. The van der Waals surface area contributed by atoms with Crippen LogP contribution >= 0.6 is 23.4 Å². The standard InChI is InChI=1S/C24H20ClN3O2S/c1-15-9-3-8-14-21(15)28-23(30)17-10-4-6-12-19(17)27-24(28)31-16(2)22(29)26-20-13-7-5-11-18(20)25/h3-14,16H,1-2H3,(H,26,29). The van der Waals surface area contributed by atoms with E-state index in [1.165, 1.54) is 11.8 Å². The summed E-state index contributed by atoms with van der Waals surface area (Å²) in [4.78, 5) is 30.9. The fourth-order valence-electron chi connectivity index (χ4n) is 3.23. The molecule has 0 aliphatic rings. The normalized spacial score (nSPS) is 12.0. The summed E-state index contributed by atoms with van der Waals surface area (Å²) in [6, 6.07) is 21.9. The van der Waals surface area contributed by atoms with Crippen molar-refractivity contribution in [2.24, 2.45) is 0 Å². The molecule has 7 heteroatoms. The monoisotopic (exact) mass is 449 g/mol. The van der Waals surface area contributed by atoms with Gasteiger partial charge in [0.15, 0.2) is 5.16 Å². The van der Waals surface area contributed by atoms with Crippen LogP contribution in [0.1, 0.15) is 12.5 Å². The van der Waals surface area contributed by atoms with Crippen LogP contribution in [0.4, 0.5) is 5.69 Å². The zero-order valence-electron chi connectivity index (χ0n) is 17.0. The fraction of sp³-hybridized carbons (Fsp3) is 0.125. The quantitative estimate of drug-likeness (QED) is 0.324. The smallest absolute Gasteiger partial charge is 0.266 e. The van der Waals surface area contributed by atoms with Gasteiger partial charge in [-0.15, -0.1) is 0 Å². The van der Waals surface area contributed by atoms with E-state index in [4.69, 9.17) is 16.6 Å². The largest absolute Gasteiger partial charge is 0.324 e. The fourth-order valence-corrected chi connectivity index (χ4v) is 4.33. The highest BCUT2D eigenvalue weighted by Crippen LogP contribution is 2.28. The van der Waals surface area contributed by atoms with Crippen molar-refractivity contribution in [3.63, 3.8) is 0 Å². The van der Waals surface area contributed by atoms with E-state index in [2.05, 4.69) is 5.32 Å². The first kappa shape index (κ1) is 21.2. The van der Waals surface area contributed by atoms with Crippen LogP contribution in [0.5, 0.6) is 0 Å². The minimum absolute atomic E-state index is 0.166. The number of aromatic nitrogens is 2. The Bertz CT molecular complexity index is 1340. The molecule has 1 aromatic heterocycles. The third-order valence-electron chi connectivity index (χ3n) is 4.88. The van der Waals surface area contributed by atoms with Crippen LogP contribution < -0.4 is 10.9 Å². The topological polar surface area (TPSA) is 64.0 Å². The molecule has 1 N–H and O–H groups in total. The molecule has 3 aromatic carbocycles. The van der Waals surface area contributed by atoms with Crippen molar-refractivity contribution in [1.82, 2.24) is 9.55 Å². The number of para-hydroxylation sites is 3. The van der Waals surface area contributed by atoms with Crippen LogP contribution in [0, 0.1) is 6.92 Å². The first-order chi connectivity index (χ1) is 15.0. The molecule has 0 bridgehead atoms. The lowest BCUT2D eigenvalue weighted by molar-refractivity contribution is -0.115. The van der Waals surface area contributed by atoms with Crippen LogP contribution in [0.25, 0.3) is 16.6 Å². The molecule has 1 heterocycles. The molecule has 31 heavy (non-hydrogen) atoms. The molecule has 0 fully saturated rings. The molecule has 0 aliphatic carbocycles. The Balaban J connectivity index is 1.75. The van der Waals surface area contributed by atoms with Gasteiger partial charge in [-0.25, -0.2) is 4.98 Å². The molecular weight excluding hydrogens is 430 g/mol. The number of amides is 1. The highest BCUT2D eigenvalue weighted by atomic mass is 35.5. The predicted octanol–water partition coefficient (Wildman–Crippen LogP) is 5.47. The Morgan fingerprint density at radius 1 is 1.03 bits per heavy atom. The van der Waals surface area contributed by atoms with E-state index in [0.29, 0.717) is 26.8 Å². The van der Waals surface area contributed by atoms with Gasteiger partial charge in [0, 0.05) is 0 Å². The van der Waals surface area contributed by atoms with Gasteiger partial charge in [0.25, 0.3) is 5.56 Å². The number of hydrogen-bond acceptors (Lipinski definition) is 4. The Hall–Kier alpha value is -3.09. The maximum atomic E-state index is 13.4. The average Bonchev–Trinajstić information content (AvgIpc) is 2.76. The van der Waals surface area contributed by atoms with Gasteiger partial charge < -0.3 is 5.32 Å². The molecule has 5 nitrogen and oxygen atoms in total. The molecule has 0 spiro atoms. The van der Waals surface area contributed by atoms with Gasteiger partial charge in [0.05, 0.1) is 32.6 Å². The third-order valence-corrected chi connectivity index (χ3v) is 6.27. The zero-order chi connectivity index (χ0) is 22.0. The van der Waals surface area contributed by atoms with E-state index in [0.717, 1.165) is 11.3 Å². The van der Waals surface area contributed by atoms with Crippen molar-refractivity contribution in [3.05, 3.63) is 93.7 Å². The average molecular weight is 450 g/mol. The number of carbonyl (C=O) groups is 1. The second-order valence-electron chi connectivity index (χ2n) is 7.07. The lowest BCUT2D eigenvalue weighted by Crippen LogP contribution is -2.26. The molecule has 4 rings (SSSR count). The van der Waals surface area contributed by atoms with Crippen LogP contribution in [0.2, 0.25) is 5.02 Å². The molecule has 1 amide bonds. The number of thioether (sulfide) groups is 1. The summed E-state index contributed by atoms with van der Waals surface area (Å²) in [5.41, 5.74) is 2.66. The van der Waals surface area contributed by atoms with Crippen LogP contribution in [-0.2, 0) is 4.79 Å². The molecule has 156 valence electrons. The second-order valence-corrected chi connectivity index (χ2v) is 8.78. The molecule has 0 saturated heterocycles. The lowest BCUT2D eigenvalue weighted by atomic mass is 10.2. The number of carbonyl (C=O) groups excluding carboxylic acids is 1. The third kappa shape index (κ3) is 4.36. The number of anilines is 1. The summed E-state index contributed by atoms with van der Waals surface area (Å²) >= 11 is 7.40. The van der Waals surface area contributed by atoms with Gasteiger partial charge in [-0.1, -0.05) is 65.8 Å². The van der Waals surface area contributed by atoms with E-state index < -0.39 is 5.25 Å². The maximum absolute atomic E-state index is 13.4. The van der Waals surface area contributed by atoms with Gasteiger partial charge in [0.1, 0.15) is 0 Å². The molecule has 0 aliphatic heterocycles. The van der Waals surface area contributed by atoms with E-state index in [-0.39, 0.29) is 11.5 Å². The number of fused-ring (bicyclic) bond motifs is 1. The van der Waals surface area contributed by atoms with Gasteiger partial charge in [-0.2, -0.15) is 0 Å². The van der Waals surface area contributed by atoms with Gasteiger partial charge in [0.2, 0.25) is 5.91 Å². The molecule has 1 unspecified atom stereocenters. The van der Waals surface area contributed by atoms with Crippen molar-refractivity contribution >= 4 is 45.9 Å². The molecule has 0 saturated carbocycles. The first-order valence-electron chi connectivity index (χ1n) is 9.75. The van der Waals surface area contributed by atoms with Crippen molar-refractivity contribution in [3.8, 4) is 5.69 Å². The number of aryl methyl sites for hydroxylation is 1. The van der Waals surface area contributed by atoms with E-state index in [1.807, 2.05) is 43.3 Å². The van der Waals surface area contributed by atoms with Crippen LogP contribution in [0.3, 0.4) is 0 Å². The lowest BCUT2D eigenvalue weighted by Gasteiger charge is -2.18. The van der Waals surface area contributed by atoms with Gasteiger partial charge >= 0.3 is 0 Å². The molecule has 1 atom stereocenters. The number of hydrogen-bond donors (Lipinski definition) is 1. The Morgan fingerprint density at radius 2 is 1.71 bits per heavy atom. The first-order valence-corrected chi connectivity index (χ1v) is 11.0. The van der Waals surface area contributed by atoms with Crippen molar-refractivity contribution in [2.75, 3.05) is 5.32 Å². The minimum atomic E-state index is -0.514. The summed E-state index contributed by atoms with van der Waals surface area (Å²) in [5.74, 6) is -0.225. The second kappa shape index (κ2) is 8.96. The minimum Gasteiger partial charge on any atom is -0.324 e. The summed E-state index contributed by atoms with van der Waals surface area (Å²) in [6.45, 7) is 3.72. The SMILES string of the molecule is Cc1ccccc1-n1c(SC(C)C(=O)Nc2ccccc2Cl)nc2ccccc2c1=O. The highest BCUT2D eigenvalue weighted by molar-refractivity contribution is 8.00. The van der Waals surface area contributed by atoms with E-state index >= 15 is 0 Å². The Kier molecular flexibility index (Phi) is 6.11. The Labute approximate surface area is 189 Å². The van der Waals surface area contributed by atoms with E-state index in [9.17, 15) is 9.59 Å². The number of benzene rings is 3. The van der Waals surface area contributed by atoms with Gasteiger partial charge in [-0.05, 0) is 49.7 Å². The summed E-state index contributed by atoms with van der Waals surface area (Å²) in [6.07, 6.45) is 0. The summed E-state index contributed by atoms with van der Waals surface area (Å²) in [5, 5.41) is 3.79. The molecule has 4 aromatic rings. The zero-order valence-corrected chi connectivity index (χ0v) is 18.6. The summed E-state index contributed by atoms with van der Waals surface area (Å²) in [7, 11) is 0. The Morgan fingerprint density at radius 3 is 2.48 bits per heavy atom. The number of nitrogens with zero attached hydrogens (tertiary/aromatic N) is 2. The summed E-state index contributed by atoms with van der Waals surface area (Å²) < 4.78 is 1.58.